The van der Waals surface area contributed by atoms with E-state index in [1.807, 2.05) is 25.2 Å². The van der Waals surface area contributed by atoms with Crippen LogP contribution in [-0.2, 0) is 0 Å². The Hall–Kier alpha value is -1.57. The smallest absolute Gasteiger partial charge is 0.0628 e. The lowest BCUT2D eigenvalue weighted by atomic mass is 10.1. The fourth-order valence-electron chi connectivity index (χ4n) is 1.23. The van der Waals surface area contributed by atoms with Gasteiger partial charge in [0.2, 0.25) is 0 Å². The molecule has 0 spiro atoms. The molecule has 2 nitrogen and oxygen atoms in total. The molecule has 0 saturated carbocycles. The van der Waals surface area contributed by atoms with Crippen molar-refractivity contribution < 1.29 is 0 Å². The Bertz CT molecular complexity index is 337. The Labute approximate surface area is 91.7 Å². The van der Waals surface area contributed by atoms with E-state index in [0.717, 1.165) is 5.71 Å². The van der Waals surface area contributed by atoms with E-state index in [4.69, 9.17) is 0 Å². The van der Waals surface area contributed by atoms with Gasteiger partial charge in [0.15, 0.2) is 0 Å². The summed E-state index contributed by atoms with van der Waals surface area (Å²) in [5.74, 6) is 0.428. The second-order valence-electron chi connectivity index (χ2n) is 3.66. The Morgan fingerprint density at radius 1 is 1.27 bits per heavy atom. The highest BCUT2D eigenvalue weighted by molar-refractivity contribution is 5.99. The van der Waals surface area contributed by atoms with Crippen molar-refractivity contribution in [3.63, 3.8) is 0 Å². The van der Waals surface area contributed by atoms with Crippen molar-refractivity contribution in [1.29, 1.82) is 0 Å². The molecule has 0 atom stereocenters. The van der Waals surface area contributed by atoms with Crippen LogP contribution < -0.4 is 5.43 Å². The van der Waals surface area contributed by atoms with Gasteiger partial charge in [-0.2, -0.15) is 5.10 Å². The number of hydrogen-bond donors (Lipinski definition) is 1. The molecule has 0 fully saturated rings. The average Bonchev–Trinajstić information content (AvgIpc) is 2.25. The highest BCUT2D eigenvalue weighted by Gasteiger charge is 1.99. The number of rotatable bonds is 4. The van der Waals surface area contributed by atoms with Crippen LogP contribution in [0.1, 0.15) is 19.4 Å². The van der Waals surface area contributed by atoms with Gasteiger partial charge >= 0.3 is 0 Å². The number of hydrogen-bond acceptors (Lipinski definition) is 2. The summed E-state index contributed by atoms with van der Waals surface area (Å²) >= 11 is 0. The van der Waals surface area contributed by atoms with Gasteiger partial charge < -0.3 is 5.43 Å². The predicted octanol–water partition coefficient (Wildman–Crippen LogP) is 2.93. The van der Waals surface area contributed by atoms with Gasteiger partial charge in [0.05, 0.1) is 5.71 Å². The van der Waals surface area contributed by atoms with E-state index < -0.39 is 0 Å². The topological polar surface area (TPSA) is 24.4 Å². The van der Waals surface area contributed by atoms with Crippen LogP contribution in [0.25, 0.3) is 6.08 Å². The fraction of sp³-hybridized carbons (Fsp3) is 0.308. The molecule has 0 aliphatic rings. The molecule has 1 aromatic carbocycles. The summed E-state index contributed by atoms with van der Waals surface area (Å²) in [7, 11) is 1.82. The molecule has 1 N–H and O–H groups in total. The van der Waals surface area contributed by atoms with Gasteiger partial charge in [-0.05, 0) is 17.6 Å². The van der Waals surface area contributed by atoms with E-state index in [9.17, 15) is 0 Å². The van der Waals surface area contributed by atoms with Gasteiger partial charge in [0.1, 0.15) is 0 Å². The lowest BCUT2D eigenvalue weighted by Crippen LogP contribution is -2.09. The van der Waals surface area contributed by atoms with Crippen molar-refractivity contribution in [3.8, 4) is 0 Å². The molecule has 1 aromatic rings. The Balaban J connectivity index is 2.75. The van der Waals surface area contributed by atoms with Crippen molar-refractivity contribution in [3.05, 3.63) is 42.0 Å². The highest BCUT2D eigenvalue weighted by atomic mass is 15.3. The largest absolute Gasteiger partial charge is 0.313 e. The summed E-state index contributed by atoms with van der Waals surface area (Å²) in [5, 5.41) is 4.22. The standard InChI is InChI=1S/C13H18N2/c1-11(2)13(15-14-3)10-9-12-7-5-4-6-8-12/h4-11,14H,1-3H3/b10-9?,15-13-. The second-order valence-corrected chi connectivity index (χ2v) is 3.66. The van der Waals surface area contributed by atoms with Crippen molar-refractivity contribution in [2.24, 2.45) is 11.0 Å². The first-order valence-electron chi connectivity index (χ1n) is 5.21. The van der Waals surface area contributed by atoms with Crippen LogP contribution in [0, 0.1) is 5.92 Å². The minimum absolute atomic E-state index is 0.428. The van der Waals surface area contributed by atoms with E-state index in [-0.39, 0.29) is 0 Å². The summed E-state index contributed by atoms with van der Waals surface area (Å²) in [6.07, 6.45) is 4.13. The van der Waals surface area contributed by atoms with Crippen LogP contribution in [0.5, 0.6) is 0 Å². The summed E-state index contributed by atoms with van der Waals surface area (Å²) in [5.41, 5.74) is 5.08. The Kier molecular flexibility index (Phi) is 4.61. The maximum atomic E-state index is 4.22. The first-order valence-corrected chi connectivity index (χ1v) is 5.21. The van der Waals surface area contributed by atoms with E-state index >= 15 is 0 Å². The number of nitrogens with one attached hydrogen (secondary N) is 1. The molecular formula is C13H18N2. The number of allylic oxidation sites excluding steroid dienone is 1. The Morgan fingerprint density at radius 3 is 2.47 bits per heavy atom. The average molecular weight is 202 g/mol. The van der Waals surface area contributed by atoms with E-state index in [1.165, 1.54) is 5.56 Å². The third-order valence-electron chi connectivity index (χ3n) is 2.08. The number of hydrazone groups is 1. The zero-order valence-electron chi connectivity index (χ0n) is 9.57. The quantitative estimate of drug-likeness (QED) is 0.589. The lowest BCUT2D eigenvalue weighted by Gasteiger charge is -2.04. The van der Waals surface area contributed by atoms with E-state index in [0.29, 0.717) is 5.92 Å². The van der Waals surface area contributed by atoms with Crippen LogP contribution in [0.15, 0.2) is 41.5 Å². The molecular weight excluding hydrogens is 184 g/mol. The molecule has 0 bridgehead atoms. The van der Waals surface area contributed by atoms with Crippen molar-refractivity contribution >= 4 is 11.8 Å². The van der Waals surface area contributed by atoms with Crippen LogP contribution in [0.4, 0.5) is 0 Å². The van der Waals surface area contributed by atoms with Gasteiger partial charge in [0.25, 0.3) is 0 Å². The van der Waals surface area contributed by atoms with E-state index in [2.05, 4.69) is 48.7 Å². The second kappa shape index (κ2) is 6.02. The molecule has 0 aromatic heterocycles. The molecule has 80 valence electrons. The van der Waals surface area contributed by atoms with Crippen molar-refractivity contribution in [2.45, 2.75) is 13.8 Å². The number of benzene rings is 1. The SMILES string of the molecule is CN/N=C(/C=Cc1ccccc1)C(C)C. The first-order chi connectivity index (χ1) is 7.24. The minimum atomic E-state index is 0.428. The summed E-state index contributed by atoms with van der Waals surface area (Å²) in [6.45, 7) is 4.26. The summed E-state index contributed by atoms with van der Waals surface area (Å²) in [4.78, 5) is 0. The van der Waals surface area contributed by atoms with Gasteiger partial charge in [-0.25, -0.2) is 0 Å². The third kappa shape index (κ3) is 3.98. The molecule has 1 rings (SSSR count). The van der Waals surface area contributed by atoms with E-state index in [1.54, 1.807) is 0 Å². The summed E-state index contributed by atoms with van der Waals surface area (Å²) in [6, 6.07) is 10.2. The highest BCUT2D eigenvalue weighted by Crippen LogP contribution is 2.04. The Morgan fingerprint density at radius 2 is 1.93 bits per heavy atom. The predicted molar refractivity (Wildman–Crippen MR) is 66.8 cm³/mol. The minimum Gasteiger partial charge on any atom is -0.313 e. The maximum Gasteiger partial charge on any atom is 0.0628 e. The molecule has 0 radical (unpaired) electrons. The van der Waals surface area contributed by atoms with Gasteiger partial charge in [-0.3, -0.25) is 0 Å². The van der Waals surface area contributed by atoms with Gasteiger partial charge in [0, 0.05) is 7.05 Å². The molecule has 0 heterocycles. The summed E-state index contributed by atoms with van der Waals surface area (Å²) < 4.78 is 0. The van der Waals surface area contributed by atoms with Crippen LogP contribution in [0.3, 0.4) is 0 Å². The fourth-order valence-corrected chi connectivity index (χ4v) is 1.23. The van der Waals surface area contributed by atoms with Gasteiger partial charge in [-0.1, -0.05) is 50.3 Å². The molecule has 2 heteroatoms. The number of nitrogens with zero attached hydrogens (tertiary/aromatic N) is 1. The molecule has 0 saturated heterocycles. The molecule has 0 amide bonds. The van der Waals surface area contributed by atoms with Crippen LogP contribution in [-0.4, -0.2) is 12.8 Å². The molecule has 0 aliphatic heterocycles. The zero-order valence-corrected chi connectivity index (χ0v) is 9.57. The maximum absolute atomic E-state index is 4.22. The monoisotopic (exact) mass is 202 g/mol. The lowest BCUT2D eigenvalue weighted by molar-refractivity contribution is 0.832. The molecule has 15 heavy (non-hydrogen) atoms. The first kappa shape index (κ1) is 11.5. The van der Waals surface area contributed by atoms with Crippen LogP contribution in [0.2, 0.25) is 0 Å². The van der Waals surface area contributed by atoms with Crippen LogP contribution >= 0.6 is 0 Å². The third-order valence-corrected chi connectivity index (χ3v) is 2.08. The van der Waals surface area contributed by atoms with Crippen molar-refractivity contribution in [1.82, 2.24) is 5.43 Å². The molecule has 0 aliphatic carbocycles. The normalized spacial score (nSPS) is 12.4. The molecule has 0 unspecified atom stereocenters. The van der Waals surface area contributed by atoms with Gasteiger partial charge in [-0.15, -0.1) is 0 Å². The van der Waals surface area contributed by atoms with Crippen molar-refractivity contribution in [2.75, 3.05) is 7.05 Å². The zero-order chi connectivity index (χ0) is 11.1.